The Morgan fingerprint density at radius 2 is 0.250 bits per heavy atom. The van der Waals surface area contributed by atoms with E-state index in [0.29, 0.717) is 271 Å². The second kappa shape index (κ2) is 62.1. The van der Waals surface area contributed by atoms with Gasteiger partial charge in [0.25, 0.3) is 0 Å². The van der Waals surface area contributed by atoms with Crippen LogP contribution in [0.15, 0.2) is 0 Å². The van der Waals surface area contributed by atoms with Crippen LogP contribution in [0.4, 0.5) is 0 Å². The van der Waals surface area contributed by atoms with Crippen LogP contribution in [0, 0.1) is 0 Å². The number of aliphatic hydroxyl groups excluding tert-OH is 1. The molecule has 0 saturated heterocycles. The summed E-state index contributed by atoms with van der Waals surface area (Å²) in [6.45, 7) is 20.3. The van der Waals surface area contributed by atoms with Gasteiger partial charge in [0.1, 0.15) is 0 Å². The number of hydrogen-bond acceptors (Lipinski definition) is 22. The van der Waals surface area contributed by atoms with Crippen molar-refractivity contribution in [1.29, 1.82) is 0 Å². The average molecular weight is 942 g/mol. The molecule has 0 aromatic rings. The summed E-state index contributed by atoms with van der Waals surface area (Å²) in [5.41, 5.74) is 5.34. The van der Waals surface area contributed by atoms with Crippen molar-refractivity contribution >= 4 is 0 Å². The number of hydrogen-bond donors (Lipinski definition) is 2. The molecule has 0 aliphatic rings. The molecule has 386 valence electrons. The van der Waals surface area contributed by atoms with E-state index in [0.717, 1.165) is 0 Å². The van der Waals surface area contributed by atoms with Crippen molar-refractivity contribution in [2.45, 2.75) is 0 Å². The molecule has 0 fully saturated rings. The van der Waals surface area contributed by atoms with Crippen LogP contribution in [0.5, 0.6) is 0 Å². The van der Waals surface area contributed by atoms with Crippen molar-refractivity contribution < 1.29 is 99.8 Å². The second-order valence-electron chi connectivity index (χ2n) is 12.8. The van der Waals surface area contributed by atoms with Gasteiger partial charge in [-0.3, -0.25) is 0 Å². The lowest BCUT2D eigenvalue weighted by Crippen LogP contribution is -2.16. The normalized spacial score (nSPS) is 11.7. The zero-order valence-corrected chi connectivity index (χ0v) is 38.9. The summed E-state index contributed by atoms with van der Waals surface area (Å²) in [6.07, 6.45) is 0. The Morgan fingerprint density at radius 3 is 0.344 bits per heavy atom. The third-order valence-corrected chi connectivity index (χ3v) is 7.57. The molecule has 3 N–H and O–H groups in total. The molecule has 0 aliphatic carbocycles. The molecule has 0 aliphatic heterocycles. The van der Waals surface area contributed by atoms with Crippen molar-refractivity contribution in [1.82, 2.24) is 0 Å². The summed E-state index contributed by atoms with van der Waals surface area (Å²) in [5.74, 6) is 0. The van der Waals surface area contributed by atoms with Crippen LogP contribution in [0.1, 0.15) is 0 Å². The molecule has 0 radical (unpaired) electrons. The molecular weight excluding hydrogens is 854 g/mol. The standard InChI is InChI=1S/C42H87NO21/c43-1-3-45-5-7-47-9-11-49-13-15-51-17-19-53-21-23-55-25-27-57-29-31-59-33-35-61-37-39-63-41-42-64-40-38-62-36-34-60-32-30-58-28-26-56-24-22-54-20-18-52-16-14-50-12-10-48-8-6-46-4-2-44/h44H,1-43H2. The van der Waals surface area contributed by atoms with Gasteiger partial charge in [-0.2, -0.15) is 0 Å². The van der Waals surface area contributed by atoms with E-state index in [1.165, 1.54) is 0 Å². The van der Waals surface area contributed by atoms with E-state index < -0.39 is 0 Å². The van der Waals surface area contributed by atoms with Gasteiger partial charge in [0.15, 0.2) is 0 Å². The maximum atomic E-state index is 8.60. The minimum Gasteiger partial charge on any atom is -0.394 e. The Labute approximate surface area is 382 Å². The largest absolute Gasteiger partial charge is 0.394 e. The van der Waals surface area contributed by atoms with Crippen molar-refractivity contribution in [3.8, 4) is 0 Å². The van der Waals surface area contributed by atoms with E-state index in [2.05, 4.69) is 0 Å². The average Bonchev–Trinajstić information content (AvgIpc) is 3.31. The Kier molecular flexibility index (Phi) is 61.3. The van der Waals surface area contributed by atoms with Crippen LogP contribution in [0.3, 0.4) is 0 Å². The first-order chi connectivity index (χ1) is 31.9. The quantitative estimate of drug-likeness (QED) is 0.0716. The minimum absolute atomic E-state index is 0.0197. The highest BCUT2D eigenvalue weighted by atomic mass is 16.6. The van der Waals surface area contributed by atoms with Crippen LogP contribution in [0.25, 0.3) is 0 Å². The van der Waals surface area contributed by atoms with Crippen molar-refractivity contribution in [3.63, 3.8) is 0 Å². The summed E-state index contributed by atoms with van der Waals surface area (Å²) in [5, 5.41) is 8.60. The molecule has 0 atom stereocenters. The van der Waals surface area contributed by atoms with Gasteiger partial charge in [-0.25, -0.2) is 0 Å². The Bertz CT molecular complexity index is 742. The Balaban J connectivity index is 3.06. The number of rotatable bonds is 61. The first kappa shape index (κ1) is 63.1. The van der Waals surface area contributed by atoms with Gasteiger partial charge in [-0.1, -0.05) is 0 Å². The van der Waals surface area contributed by atoms with Gasteiger partial charge >= 0.3 is 0 Å². The highest BCUT2D eigenvalue weighted by Crippen LogP contribution is 1.90. The second-order valence-corrected chi connectivity index (χ2v) is 12.8. The molecule has 0 aromatic carbocycles. The molecule has 0 unspecified atom stereocenters. The molecule has 22 heteroatoms. The predicted octanol–water partition coefficient (Wildman–Crippen LogP) is -0.731. The van der Waals surface area contributed by atoms with E-state index in [4.69, 9.17) is 106 Å². The van der Waals surface area contributed by atoms with Crippen LogP contribution >= 0.6 is 0 Å². The Hall–Kier alpha value is -0.880. The van der Waals surface area contributed by atoms with Gasteiger partial charge in [-0.15, -0.1) is 0 Å². The SMILES string of the molecule is NCCOCCOCCOCCOCCOCCOCCOCCOCCOCCOCCOCCOCCOCCOCCOCCOCCOCCOCCOCCOCCO. The molecule has 64 heavy (non-hydrogen) atoms. The smallest absolute Gasteiger partial charge is 0.0701 e. The molecule has 0 aromatic heterocycles. The third-order valence-electron chi connectivity index (χ3n) is 7.57. The van der Waals surface area contributed by atoms with Gasteiger partial charge in [0, 0.05) is 6.54 Å². The highest BCUT2D eigenvalue weighted by molar-refractivity contribution is 4.42. The van der Waals surface area contributed by atoms with Crippen LogP contribution in [-0.2, 0) is 94.7 Å². The van der Waals surface area contributed by atoms with Crippen molar-refractivity contribution in [3.05, 3.63) is 0 Å². The van der Waals surface area contributed by atoms with Crippen molar-refractivity contribution in [2.75, 3.05) is 277 Å². The Morgan fingerprint density at radius 1 is 0.156 bits per heavy atom. The molecule has 0 spiro atoms. The van der Waals surface area contributed by atoms with Gasteiger partial charge in [0.2, 0.25) is 0 Å². The summed E-state index contributed by atoms with van der Waals surface area (Å²) >= 11 is 0. The molecular formula is C42H87NO21. The monoisotopic (exact) mass is 942 g/mol. The molecule has 0 saturated carbocycles. The topological polar surface area (TPSA) is 231 Å². The van der Waals surface area contributed by atoms with E-state index in [-0.39, 0.29) is 6.61 Å². The zero-order chi connectivity index (χ0) is 45.8. The lowest BCUT2D eigenvalue weighted by atomic mass is 10.6. The first-order valence-corrected chi connectivity index (χ1v) is 22.8. The van der Waals surface area contributed by atoms with E-state index >= 15 is 0 Å². The summed E-state index contributed by atoms with van der Waals surface area (Å²) in [7, 11) is 0. The van der Waals surface area contributed by atoms with E-state index in [9.17, 15) is 0 Å². The van der Waals surface area contributed by atoms with Crippen LogP contribution in [0.2, 0.25) is 0 Å². The fourth-order valence-electron chi connectivity index (χ4n) is 4.43. The first-order valence-electron chi connectivity index (χ1n) is 22.8. The van der Waals surface area contributed by atoms with E-state index in [1.54, 1.807) is 0 Å². The maximum Gasteiger partial charge on any atom is 0.0701 e. The molecule has 0 bridgehead atoms. The number of ether oxygens (including phenoxy) is 20. The van der Waals surface area contributed by atoms with Gasteiger partial charge in [0.05, 0.1) is 271 Å². The lowest BCUT2D eigenvalue weighted by Gasteiger charge is -2.09. The van der Waals surface area contributed by atoms with Crippen molar-refractivity contribution in [2.24, 2.45) is 5.73 Å². The lowest BCUT2D eigenvalue weighted by molar-refractivity contribution is -0.0314. The molecule has 22 nitrogen and oxygen atoms in total. The van der Waals surface area contributed by atoms with E-state index in [1.807, 2.05) is 0 Å². The molecule has 0 rings (SSSR count). The summed E-state index contributed by atoms with van der Waals surface area (Å²) in [4.78, 5) is 0. The minimum atomic E-state index is 0.0197. The van der Waals surface area contributed by atoms with Crippen LogP contribution < -0.4 is 5.73 Å². The number of aliphatic hydroxyl groups is 1. The number of nitrogens with two attached hydrogens (primary N) is 1. The predicted molar refractivity (Wildman–Crippen MR) is 233 cm³/mol. The maximum absolute atomic E-state index is 8.60. The zero-order valence-electron chi connectivity index (χ0n) is 38.9. The van der Waals surface area contributed by atoms with Gasteiger partial charge in [-0.05, 0) is 0 Å². The molecule has 0 amide bonds. The van der Waals surface area contributed by atoms with Crippen LogP contribution in [-0.4, -0.2) is 283 Å². The molecule has 0 heterocycles. The highest BCUT2D eigenvalue weighted by Gasteiger charge is 1.99. The van der Waals surface area contributed by atoms with Gasteiger partial charge < -0.3 is 106 Å². The fourth-order valence-corrected chi connectivity index (χ4v) is 4.43. The summed E-state index contributed by atoms with van der Waals surface area (Å²) < 4.78 is 109. The summed E-state index contributed by atoms with van der Waals surface area (Å²) in [6, 6.07) is 0. The third kappa shape index (κ3) is 61.1. The fraction of sp³-hybridized carbons (Fsp3) is 1.00.